The average Bonchev–Trinajstić information content (AvgIpc) is 2.17. The van der Waals surface area contributed by atoms with Crippen molar-refractivity contribution in [3.05, 3.63) is 29.6 Å². The van der Waals surface area contributed by atoms with Gasteiger partial charge in [-0.2, -0.15) is 0 Å². The molecule has 82 valence electrons. The van der Waals surface area contributed by atoms with E-state index in [1.807, 2.05) is 0 Å². The van der Waals surface area contributed by atoms with Gasteiger partial charge in [0.25, 0.3) is 0 Å². The van der Waals surface area contributed by atoms with E-state index in [4.69, 9.17) is 10.5 Å². The molecular weight excluding hydrogens is 197 g/mol. The van der Waals surface area contributed by atoms with Gasteiger partial charge in [-0.3, -0.25) is 4.79 Å². The molecule has 1 aromatic carbocycles. The van der Waals surface area contributed by atoms with Crippen LogP contribution in [0.25, 0.3) is 0 Å². The van der Waals surface area contributed by atoms with Gasteiger partial charge in [0.15, 0.2) is 0 Å². The number of esters is 1. The van der Waals surface area contributed by atoms with Gasteiger partial charge in [-0.1, -0.05) is 6.07 Å². The van der Waals surface area contributed by atoms with Crippen LogP contribution in [0.5, 0.6) is 0 Å². The van der Waals surface area contributed by atoms with Crippen LogP contribution in [0.3, 0.4) is 0 Å². The number of carbonyl (C=O) groups excluding carboxylic acids is 1. The van der Waals surface area contributed by atoms with Crippen LogP contribution in [0.2, 0.25) is 0 Å². The SMILES string of the molecule is CCOC(=O)CCc1c(N)cccc1F. The number of rotatable bonds is 4. The lowest BCUT2D eigenvalue weighted by atomic mass is 10.1. The van der Waals surface area contributed by atoms with E-state index in [1.165, 1.54) is 6.07 Å². The Hall–Kier alpha value is -1.58. The third-order valence-corrected chi connectivity index (χ3v) is 2.04. The number of hydrogen-bond donors (Lipinski definition) is 1. The molecule has 0 unspecified atom stereocenters. The lowest BCUT2D eigenvalue weighted by Crippen LogP contribution is -2.07. The van der Waals surface area contributed by atoms with E-state index in [0.717, 1.165) is 0 Å². The molecule has 0 aliphatic heterocycles. The van der Waals surface area contributed by atoms with Crippen molar-refractivity contribution in [3.63, 3.8) is 0 Å². The zero-order chi connectivity index (χ0) is 11.3. The Labute approximate surface area is 88.0 Å². The van der Waals surface area contributed by atoms with E-state index in [2.05, 4.69) is 0 Å². The van der Waals surface area contributed by atoms with Crippen molar-refractivity contribution in [2.24, 2.45) is 0 Å². The van der Waals surface area contributed by atoms with Crippen molar-refractivity contribution in [1.29, 1.82) is 0 Å². The van der Waals surface area contributed by atoms with Crippen molar-refractivity contribution >= 4 is 11.7 Å². The summed E-state index contributed by atoms with van der Waals surface area (Å²) in [6.45, 7) is 2.07. The average molecular weight is 211 g/mol. The maximum absolute atomic E-state index is 13.3. The Morgan fingerprint density at radius 3 is 2.87 bits per heavy atom. The van der Waals surface area contributed by atoms with Gasteiger partial charge in [0, 0.05) is 17.7 Å². The first-order valence-electron chi connectivity index (χ1n) is 4.83. The fourth-order valence-corrected chi connectivity index (χ4v) is 1.30. The normalized spacial score (nSPS) is 10.0. The summed E-state index contributed by atoms with van der Waals surface area (Å²) in [6.07, 6.45) is 0.427. The van der Waals surface area contributed by atoms with E-state index in [1.54, 1.807) is 19.1 Å². The highest BCUT2D eigenvalue weighted by Gasteiger charge is 2.09. The van der Waals surface area contributed by atoms with Crippen LogP contribution in [0, 0.1) is 5.82 Å². The number of carbonyl (C=O) groups is 1. The quantitative estimate of drug-likeness (QED) is 0.611. The van der Waals surface area contributed by atoms with Crippen LogP contribution in [0.1, 0.15) is 18.9 Å². The van der Waals surface area contributed by atoms with E-state index in [9.17, 15) is 9.18 Å². The number of halogens is 1. The molecule has 0 amide bonds. The van der Waals surface area contributed by atoms with Gasteiger partial charge < -0.3 is 10.5 Å². The van der Waals surface area contributed by atoms with Crippen molar-refractivity contribution in [1.82, 2.24) is 0 Å². The Kier molecular flexibility index (Phi) is 4.09. The monoisotopic (exact) mass is 211 g/mol. The molecule has 2 N–H and O–H groups in total. The summed E-state index contributed by atoms with van der Waals surface area (Å²) in [5, 5.41) is 0. The zero-order valence-corrected chi connectivity index (χ0v) is 8.63. The highest BCUT2D eigenvalue weighted by atomic mass is 19.1. The molecule has 0 radical (unpaired) electrons. The standard InChI is InChI=1S/C11H14FNO2/c1-2-15-11(14)7-6-8-9(12)4-3-5-10(8)13/h3-5H,2,6-7,13H2,1H3. The summed E-state index contributed by atoms with van der Waals surface area (Å²) >= 11 is 0. The van der Waals surface area contributed by atoms with Gasteiger partial charge in [0.1, 0.15) is 5.82 Å². The summed E-state index contributed by atoms with van der Waals surface area (Å²) in [5.74, 6) is -0.709. The van der Waals surface area contributed by atoms with Crippen LogP contribution in [0.15, 0.2) is 18.2 Å². The van der Waals surface area contributed by atoms with Gasteiger partial charge in [0.2, 0.25) is 0 Å². The number of nitrogens with two attached hydrogens (primary N) is 1. The Balaban J connectivity index is 2.61. The summed E-state index contributed by atoms with van der Waals surface area (Å²) in [7, 11) is 0. The van der Waals surface area contributed by atoms with Gasteiger partial charge in [-0.25, -0.2) is 4.39 Å². The van der Waals surface area contributed by atoms with Crippen LogP contribution in [-0.2, 0) is 16.0 Å². The fourth-order valence-electron chi connectivity index (χ4n) is 1.30. The Bertz CT molecular complexity index is 332. The van der Waals surface area contributed by atoms with Crippen LogP contribution < -0.4 is 5.73 Å². The third kappa shape index (κ3) is 3.23. The Morgan fingerprint density at radius 2 is 2.27 bits per heavy atom. The summed E-state index contributed by atoms with van der Waals surface area (Å²) < 4.78 is 18.0. The molecule has 0 aromatic heterocycles. The zero-order valence-electron chi connectivity index (χ0n) is 8.63. The van der Waals surface area contributed by atoms with Crippen LogP contribution in [-0.4, -0.2) is 12.6 Å². The lowest BCUT2D eigenvalue weighted by Gasteiger charge is -2.06. The summed E-state index contributed by atoms with van der Waals surface area (Å²) in [4.78, 5) is 11.1. The van der Waals surface area contributed by atoms with Gasteiger partial charge in [-0.15, -0.1) is 0 Å². The van der Waals surface area contributed by atoms with E-state index < -0.39 is 0 Å². The molecule has 0 aliphatic carbocycles. The van der Waals surface area contributed by atoms with Gasteiger partial charge in [0.05, 0.1) is 6.61 Å². The minimum Gasteiger partial charge on any atom is -0.466 e. The predicted molar refractivity (Wildman–Crippen MR) is 55.8 cm³/mol. The fraction of sp³-hybridized carbons (Fsp3) is 0.364. The molecule has 0 atom stereocenters. The summed E-state index contributed by atoms with van der Waals surface area (Å²) in [6, 6.07) is 4.49. The van der Waals surface area contributed by atoms with Gasteiger partial charge >= 0.3 is 5.97 Å². The second kappa shape index (κ2) is 5.34. The molecule has 0 spiro atoms. The number of nitrogen functional groups attached to an aromatic ring is 1. The molecule has 0 fully saturated rings. The van der Waals surface area contributed by atoms with E-state index in [0.29, 0.717) is 17.9 Å². The molecule has 0 heterocycles. The predicted octanol–water partition coefficient (Wildman–Crippen LogP) is 1.90. The second-order valence-corrected chi connectivity index (χ2v) is 3.11. The largest absolute Gasteiger partial charge is 0.466 e. The van der Waals surface area contributed by atoms with Crippen LogP contribution in [0.4, 0.5) is 10.1 Å². The first-order chi connectivity index (χ1) is 7.15. The molecule has 0 saturated carbocycles. The molecule has 3 nitrogen and oxygen atoms in total. The first kappa shape index (κ1) is 11.5. The highest BCUT2D eigenvalue weighted by molar-refractivity contribution is 5.70. The maximum Gasteiger partial charge on any atom is 0.306 e. The number of ether oxygens (including phenoxy) is 1. The minimum absolute atomic E-state index is 0.152. The van der Waals surface area contributed by atoms with Crippen molar-refractivity contribution in [2.75, 3.05) is 12.3 Å². The molecule has 15 heavy (non-hydrogen) atoms. The van der Waals surface area contributed by atoms with Gasteiger partial charge in [-0.05, 0) is 25.5 Å². The first-order valence-corrected chi connectivity index (χ1v) is 4.83. The van der Waals surface area contributed by atoms with E-state index in [-0.39, 0.29) is 24.6 Å². The lowest BCUT2D eigenvalue weighted by molar-refractivity contribution is -0.143. The Morgan fingerprint density at radius 1 is 1.53 bits per heavy atom. The maximum atomic E-state index is 13.3. The van der Waals surface area contributed by atoms with E-state index >= 15 is 0 Å². The molecule has 4 heteroatoms. The number of benzene rings is 1. The molecular formula is C11H14FNO2. The highest BCUT2D eigenvalue weighted by Crippen LogP contribution is 2.17. The number of hydrogen-bond acceptors (Lipinski definition) is 3. The smallest absolute Gasteiger partial charge is 0.306 e. The minimum atomic E-state index is -0.376. The molecule has 1 rings (SSSR count). The summed E-state index contributed by atoms with van der Waals surface area (Å²) in [5.41, 5.74) is 6.34. The topological polar surface area (TPSA) is 52.3 Å². The molecule has 0 saturated heterocycles. The molecule has 0 aliphatic rings. The second-order valence-electron chi connectivity index (χ2n) is 3.11. The van der Waals surface area contributed by atoms with Crippen molar-refractivity contribution < 1.29 is 13.9 Å². The molecule has 1 aromatic rings. The van der Waals surface area contributed by atoms with Crippen molar-refractivity contribution in [3.8, 4) is 0 Å². The number of anilines is 1. The molecule has 0 bridgehead atoms. The third-order valence-electron chi connectivity index (χ3n) is 2.04. The van der Waals surface area contributed by atoms with Crippen LogP contribution >= 0.6 is 0 Å². The van der Waals surface area contributed by atoms with Crippen molar-refractivity contribution in [2.45, 2.75) is 19.8 Å².